The minimum absolute atomic E-state index is 0. The molecule has 0 heterocycles. The van der Waals surface area contributed by atoms with Crippen LogP contribution >= 0.6 is 0 Å². The van der Waals surface area contributed by atoms with E-state index in [1.54, 1.807) is 0 Å². The van der Waals surface area contributed by atoms with E-state index in [1.807, 2.05) is 6.92 Å². The molecule has 0 fully saturated rings. The fraction of sp³-hybridized carbons (Fsp3) is 0.900. The number of carboxylic acids is 1. The van der Waals surface area contributed by atoms with Gasteiger partial charge in [0, 0.05) is 7.85 Å². The van der Waals surface area contributed by atoms with Gasteiger partial charge in [-0.25, -0.2) is 0 Å². The van der Waals surface area contributed by atoms with Crippen molar-refractivity contribution < 1.29 is 11.3 Å². The second kappa shape index (κ2) is 14.0. The molecule has 3 heteroatoms. The van der Waals surface area contributed by atoms with Crippen molar-refractivity contribution in [1.82, 2.24) is 5.32 Å². The molecule has 0 spiro atoms. The number of hydrogen-bond acceptors (Lipinski definition) is 2. The number of hydrogen-bond donors (Lipinski definition) is 2. The largest absolute Gasteiger partial charge is 0.481 e. The Morgan fingerprint density at radius 2 is 1.85 bits per heavy atom. The molecule has 0 radical (unpaired) electrons. The van der Waals surface area contributed by atoms with Crippen molar-refractivity contribution >= 4 is 5.97 Å². The van der Waals surface area contributed by atoms with Gasteiger partial charge in [0.2, 0.25) is 0 Å². The molecule has 0 atom stereocenters. The molecule has 13 heavy (non-hydrogen) atoms. The Morgan fingerprint density at radius 1 is 1.31 bits per heavy atom. The topological polar surface area (TPSA) is 49.3 Å². The van der Waals surface area contributed by atoms with E-state index in [2.05, 4.69) is 19.2 Å². The van der Waals surface area contributed by atoms with E-state index in [4.69, 9.17) is 5.11 Å². The normalized spacial score (nSPS) is 8.85. The average Bonchev–Trinajstić information content (AvgIpc) is 2.05. The number of aliphatic carboxylic acids is 1. The summed E-state index contributed by atoms with van der Waals surface area (Å²) in [5, 5.41) is 11.4. The van der Waals surface area contributed by atoms with E-state index < -0.39 is 5.97 Å². The van der Waals surface area contributed by atoms with Gasteiger partial charge in [-0.2, -0.15) is 0 Å². The number of carbonyl (C=O) groups is 1. The lowest BCUT2D eigenvalue weighted by atomic mass is 10.2. The lowest BCUT2D eigenvalue weighted by Crippen LogP contribution is -2.14. The highest BCUT2D eigenvalue weighted by molar-refractivity contribution is 5.66. The highest BCUT2D eigenvalue weighted by atomic mass is 16.4. The molecule has 3 nitrogen and oxygen atoms in total. The number of nitrogens with one attached hydrogen (secondary N) is 1. The Kier molecular flexibility index (Phi) is 16.1. The van der Waals surface area contributed by atoms with Crippen molar-refractivity contribution in [2.45, 2.75) is 46.5 Å². The van der Waals surface area contributed by atoms with Gasteiger partial charge < -0.3 is 10.4 Å². The Balaban J connectivity index is -0.000000267. The van der Waals surface area contributed by atoms with E-state index in [0.29, 0.717) is 6.42 Å². The molecule has 0 saturated carbocycles. The quantitative estimate of drug-likeness (QED) is 0.634. The van der Waals surface area contributed by atoms with Gasteiger partial charge >= 0.3 is 5.97 Å². The second-order valence-electron chi connectivity index (χ2n) is 2.91. The molecule has 2 N–H and O–H groups in total. The van der Waals surface area contributed by atoms with Gasteiger partial charge in [0.25, 0.3) is 0 Å². The summed E-state index contributed by atoms with van der Waals surface area (Å²) in [4.78, 5) is 10.0. The van der Waals surface area contributed by atoms with Gasteiger partial charge in [-0.15, -0.1) is 0 Å². The third-order valence-electron chi connectivity index (χ3n) is 1.24. The van der Waals surface area contributed by atoms with Crippen LogP contribution in [0.2, 0.25) is 0 Å². The predicted octanol–water partition coefficient (Wildman–Crippen LogP) is 2.51. The minimum Gasteiger partial charge on any atom is -0.481 e. The number of unbranched alkanes of at least 4 members (excludes halogenated alkanes) is 1. The first-order valence-electron chi connectivity index (χ1n) is 5.11. The van der Waals surface area contributed by atoms with Gasteiger partial charge in [-0.3, -0.25) is 4.79 Å². The van der Waals surface area contributed by atoms with E-state index in [0.717, 1.165) is 25.9 Å². The summed E-state index contributed by atoms with van der Waals surface area (Å²) in [5.74, 6) is -0.698. The van der Waals surface area contributed by atoms with E-state index >= 15 is 0 Å². The molecule has 0 aromatic rings. The Morgan fingerprint density at radius 3 is 2.23 bits per heavy atom. The zero-order valence-electron chi connectivity index (χ0n) is 9.10. The van der Waals surface area contributed by atoms with Crippen LogP contribution in [0.15, 0.2) is 0 Å². The smallest absolute Gasteiger partial charge is 0.303 e. The third kappa shape index (κ3) is 24.6. The van der Waals surface area contributed by atoms with Gasteiger partial charge in [0.15, 0.2) is 0 Å². The van der Waals surface area contributed by atoms with Crippen LogP contribution in [0.5, 0.6) is 0 Å². The summed E-state index contributed by atoms with van der Waals surface area (Å²) in [6, 6.07) is 0. The van der Waals surface area contributed by atoms with E-state index in [9.17, 15) is 4.79 Å². The van der Waals surface area contributed by atoms with Gasteiger partial charge in [-0.1, -0.05) is 27.2 Å². The molecule has 0 amide bonds. The zero-order valence-corrected chi connectivity index (χ0v) is 9.10. The minimum atomic E-state index is -0.698. The maximum Gasteiger partial charge on any atom is 0.303 e. The van der Waals surface area contributed by atoms with Gasteiger partial charge in [-0.05, 0) is 25.9 Å². The van der Waals surface area contributed by atoms with Gasteiger partial charge in [0.05, 0.1) is 0 Å². The van der Waals surface area contributed by atoms with Crippen LogP contribution in [0.1, 0.15) is 47.9 Å². The van der Waals surface area contributed by atoms with Crippen molar-refractivity contribution in [3.63, 3.8) is 0 Å². The molecule has 0 aliphatic carbocycles. The molecule has 0 unspecified atom stereocenters. The first kappa shape index (κ1) is 14.9. The molecular weight excluding hydrogens is 166 g/mol. The van der Waals surface area contributed by atoms with Crippen LogP contribution < -0.4 is 5.32 Å². The molecule has 0 aliphatic heterocycles. The van der Waals surface area contributed by atoms with Crippen LogP contribution in [-0.4, -0.2) is 24.2 Å². The lowest BCUT2D eigenvalue weighted by Gasteiger charge is -1.98. The van der Waals surface area contributed by atoms with Crippen molar-refractivity contribution in [3.05, 3.63) is 0 Å². The lowest BCUT2D eigenvalue weighted by molar-refractivity contribution is -0.137. The maximum atomic E-state index is 10.0. The van der Waals surface area contributed by atoms with Crippen LogP contribution in [0, 0.1) is 0 Å². The average molecular weight is 191 g/mol. The van der Waals surface area contributed by atoms with E-state index in [1.165, 1.54) is 6.42 Å². The monoisotopic (exact) mass is 191 g/mol. The summed E-state index contributed by atoms with van der Waals surface area (Å²) in [5.41, 5.74) is 0. The fourth-order valence-corrected chi connectivity index (χ4v) is 0.703. The second-order valence-corrected chi connectivity index (χ2v) is 2.91. The zero-order chi connectivity index (χ0) is 10.5. The number of rotatable bonds is 6. The Bertz CT molecular complexity index is 110. The highest BCUT2D eigenvalue weighted by Gasteiger charge is 1.94. The summed E-state index contributed by atoms with van der Waals surface area (Å²) >= 11 is 0. The third-order valence-corrected chi connectivity index (χ3v) is 1.24. The van der Waals surface area contributed by atoms with Crippen LogP contribution in [-0.2, 0) is 4.79 Å². The Labute approximate surface area is 83.0 Å². The van der Waals surface area contributed by atoms with Crippen molar-refractivity contribution in [3.8, 4) is 0 Å². The molecule has 0 aliphatic rings. The summed E-state index contributed by atoms with van der Waals surface area (Å²) < 4.78 is 0. The Hall–Kier alpha value is -0.570. The summed E-state index contributed by atoms with van der Waals surface area (Å²) in [6.45, 7) is 8.19. The summed E-state index contributed by atoms with van der Waals surface area (Å²) in [7, 11) is 0. The SMILES string of the molecule is CCC.CCNCCCCC(=O)O.[HH]. The van der Waals surface area contributed by atoms with Crippen molar-refractivity contribution in [1.29, 1.82) is 0 Å². The molecule has 0 bridgehead atoms. The van der Waals surface area contributed by atoms with Gasteiger partial charge in [0.1, 0.15) is 0 Å². The molecule has 0 saturated heterocycles. The van der Waals surface area contributed by atoms with Crippen LogP contribution in [0.3, 0.4) is 0 Å². The molecule has 82 valence electrons. The standard InChI is InChI=1S/C7H15NO2.C3H8.H2/c1-2-8-6-4-3-5-7(9)10;1-3-2;/h8H,2-6H2,1H3,(H,9,10);3H2,1-2H3;1H. The van der Waals surface area contributed by atoms with E-state index in [-0.39, 0.29) is 1.43 Å². The molecular formula is C10H25NO2. The molecule has 0 aromatic heterocycles. The maximum absolute atomic E-state index is 10.0. The molecule has 0 rings (SSSR count). The summed E-state index contributed by atoms with van der Waals surface area (Å²) in [6.07, 6.45) is 3.29. The first-order valence-corrected chi connectivity index (χ1v) is 5.11. The van der Waals surface area contributed by atoms with Crippen LogP contribution in [0.25, 0.3) is 0 Å². The molecule has 0 aromatic carbocycles. The van der Waals surface area contributed by atoms with Crippen LogP contribution in [0.4, 0.5) is 0 Å². The van der Waals surface area contributed by atoms with Crippen molar-refractivity contribution in [2.24, 2.45) is 0 Å². The van der Waals surface area contributed by atoms with Crippen molar-refractivity contribution in [2.75, 3.05) is 13.1 Å². The first-order chi connectivity index (χ1) is 6.18. The number of carboxylic acid groups (broad SMARTS) is 1. The highest BCUT2D eigenvalue weighted by Crippen LogP contribution is 1.92. The fourth-order valence-electron chi connectivity index (χ4n) is 0.703. The predicted molar refractivity (Wildman–Crippen MR) is 58.1 cm³/mol.